The number of anilines is 1. The lowest BCUT2D eigenvalue weighted by Crippen LogP contribution is -2.46. The first kappa shape index (κ1) is 18.3. The molecule has 0 aliphatic heterocycles. The molecule has 0 spiro atoms. The Labute approximate surface area is 138 Å². The number of halogens is 1. The van der Waals surface area contributed by atoms with Crippen LogP contribution in [0.15, 0.2) is 24.3 Å². The maximum atomic E-state index is 11.8. The number of rotatable bonds is 5. The first-order valence-corrected chi connectivity index (χ1v) is 7.47. The molecule has 2 rings (SSSR count). The summed E-state index contributed by atoms with van der Waals surface area (Å²) < 4.78 is 0.999. The summed E-state index contributed by atoms with van der Waals surface area (Å²) in [6.07, 6.45) is 0. The molecule has 8 heteroatoms. The largest absolute Gasteiger partial charge is 0.346 e. The predicted molar refractivity (Wildman–Crippen MR) is 91.3 cm³/mol. The van der Waals surface area contributed by atoms with E-state index in [-0.39, 0.29) is 36.7 Å². The predicted octanol–water partition coefficient (Wildman–Crippen LogP) is 1.76. The molecule has 1 atom stereocenters. The Morgan fingerprint density at radius 1 is 1.32 bits per heavy atom. The zero-order valence-electron chi connectivity index (χ0n) is 12.3. The second-order valence-electron chi connectivity index (χ2n) is 5.02. The van der Waals surface area contributed by atoms with Gasteiger partial charge in [-0.3, -0.25) is 9.59 Å². The maximum absolute atomic E-state index is 11.8. The first-order chi connectivity index (χ1) is 9.97. The second kappa shape index (κ2) is 8.07. The third-order valence-corrected chi connectivity index (χ3v) is 3.94. The van der Waals surface area contributed by atoms with E-state index in [9.17, 15) is 9.59 Å². The van der Waals surface area contributed by atoms with Gasteiger partial charge in [-0.15, -0.1) is 12.4 Å². The Bertz CT molecular complexity index is 626. The SMILES string of the molecule is CC(C)[C@H](N)C(=O)NCC(=O)Nc1nc2ccccc2s1.Cl. The maximum Gasteiger partial charge on any atom is 0.245 e. The Morgan fingerprint density at radius 2 is 2.00 bits per heavy atom. The van der Waals surface area contributed by atoms with Crippen LogP contribution in [0, 0.1) is 5.92 Å². The monoisotopic (exact) mass is 342 g/mol. The molecule has 0 bridgehead atoms. The van der Waals surface area contributed by atoms with Gasteiger partial charge in [-0.25, -0.2) is 4.98 Å². The van der Waals surface area contributed by atoms with E-state index in [0.29, 0.717) is 5.13 Å². The van der Waals surface area contributed by atoms with Crippen LogP contribution in [-0.2, 0) is 9.59 Å². The minimum atomic E-state index is -0.611. The van der Waals surface area contributed by atoms with Gasteiger partial charge in [0.05, 0.1) is 22.8 Å². The molecule has 120 valence electrons. The van der Waals surface area contributed by atoms with Crippen molar-refractivity contribution in [1.82, 2.24) is 10.3 Å². The topological polar surface area (TPSA) is 97.1 Å². The van der Waals surface area contributed by atoms with Crippen LogP contribution in [0.25, 0.3) is 10.2 Å². The van der Waals surface area contributed by atoms with Gasteiger partial charge >= 0.3 is 0 Å². The fourth-order valence-electron chi connectivity index (χ4n) is 1.68. The molecule has 0 radical (unpaired) electrons. The van der Waals surface area contributed by atoms with Crippen molar-refractivity contribution in [1.29, 1.82) is 0 Å². The molecule has 22 heavy (non-hydrogen) atoms. The Morgan fingerprint density at radius 3 is 2.64 bits per heavy atom. The Hall–Kier alpha value is -1.70. The van der Waals surface area contributed by atoms with Gasteiger partial charge in [0.15, 0.2) is 5.13 Å². The minimum Gasteiger partial charge on any atom is -0.346 e. The van der Waals surface area contributed by atoms with Crippen molar-refractivity contribution < 1.29 is 9.59 Å². The summed E-state index contributed by atoms with van der Waals surface area (Å²) in [6.45, 7) is 3.59. The first-order valence-electron chi connectivity index (χ1n) is 6.66. The molecule has 2 aromatic rings. The van der Waals surface area contributed by atoms with E-state index in [4.69, 9.17) is 5.73 Å². The standard InChI is InChI=1S/C14H18N4O2S.ClH/c1-8(2)12(15)13(20)16-7-11(19)18-14-17-9-5-3-4-6-10(9)21-14;/h3-6,8,12H,7,15H2,1-2H3,(H,16,20)(H,17,18,19);1H/t12-;/m0./s1. The van der Waals surface area contributed by atoms with Crippen molar-refractivity contribution in [2.75, 3.05) is 11.9 Å². The molecule has 0 fully saturated rings. The van der Waals surface area contributed by atoms with Crippen molar-refractivity contribution in [2.45, 2.75) is 19.9 Å². The zero-order chi connectivity index (χ0) is 15.4. The van der Waals surface area contributed by atoms with Crippen LogP contribution < -0.4 is 16.4 Å². The summed E-state index contributed by atoms with van der Waals surface area (Å²) in [5, 5.41) is 5.70. The van der Waals surface area contributed by atoms with E-state index in [0.717, 1.165) is 10.2 Å². The summed E-state index contributed by atoms with van der Waals surface area (Å²) in [6, 6.07) is 7.01. The number of amides is 2. The van der Waals surface area contributed by atoms with Gasteiger partial charge in [-0.1, -0.05) is 37.3 Å². The van der Waals surface area contributed by atoms with Crippen LogP contribution in [0.5, 0.6) is 0 Å². The smallest absolute Gasteiger partial charge is 0.245 e. The van der Waals surface area contributed by atoms with E-state index in [2.05, 4.69) is 15.6 Å². The third-order valence-electron chi connectivity index (χ3n) is 2.98. The number of benzene rings is 1. The van der Waals surface area contributed by atoms with Gasteiger partial charge in [-0.2, -0.15) is 0 Å². The third kappa shape index (κ3) is 4.66. The summed E-state index contributed by atoms with van der Waals surface area (Å²) >= 11 is 1.39. The number of thiazole rings is 1. The van der Waals surface area contributed by atoms with Gasteiger partial charge in [0.25, 0.3) is 0 Å². The Kier molecular flexibility index (Phi) is 6.73. The molecule has 4 N–H and O–H groups in total. The molecule has 0 saturated carbocycles. The summed E-state index contributed by atoms with van der Waals surface area (Å²) in [7, 11) is 0. The highest BCUT2D eigenvalue weighted by Gasteiger charge is 2.17. The molecule has 0 aliphatic rings. The highest BCUT2D eigenvalue weighted by molar-refractivity contribution is 7.22. The molecule has 2 amide bonds. The highest BCUT2D eigenvalue weighted by atomic mass is 35.5. The van der Waals surface area contributed by atoms with E-state index in [1.165, 1.54) is 11.3 Å². The van der Waals surface area contributed by atoms with Gasteiger partial charge in [0, 0.05) is 0 Å². The number of hydrogen-bond donors (Lipinski definition) is 3. The molecule has 1 aromatic heterocycles. The van der Waals surface area contributed by atoms with Crippen molar-refractivity contribution in [3.63, 3.8) is 0 Å². The van der Waals surface area contributed by atoms with Crippen molar-refractivity contribution in [3.05, 3.63) is 24.3 Å². The highest BCUT2D eigenvalue weighted by Crippen LogP contribution is 2.25. The number of fused-ring (bicyclic) bond motifs is 1. The number of nitrogens with one attached hydrogen (secondary N) is 2. The van der Waals surface area contributed by atoms with Gasteiger partial charge in [0.2, 0.25) is 11.8 Å². The molecular weight excluding hydrogens is 324 g/mol. The summed E-state index contributed by atoms with van der Waals surface area (Å²) in [5.74, 6) is -0.625. The number of carbonyl (C=O) groups excluding carboxylic acids is 2. The number of carbonyl (C=O) groups is 2. The lowest BCUT2D eigenvalue weighted by molar-refractivity contribution is -0.125. The number of aromatic nitrogens is 1. The van der Waals surface area contributed by atoms with Crippen LogP contribution in [0.4, 0.5) is 5.13 Å². The normalized spacial score (nSPS) is 11.8. The average Bonchev–Trinajstić information content (AvgIpc) is 2.85. The van der Waals surface area contributed by atoms with Gasteiger partial charge < -0.3 is 16.4 Å². The van der Waals surface area contributed by atoms with Gasteiger partial charge in [-0.05, 0) is 18.1 Å². The minimum absolute atomic E-state index is 0. The molecule has 0 aliphatic carbocycles. The molecule has 6 nitrogen and oxygen atoms in total. The number of nitrogens with zero attached hydrogens (tertiary/aromatic N) is 1. The second-order valence-corrected chi connectivity index (χ2v) is 6.05. The molecule has 0 unspecified atom stereocenters. The van der Waals surface area contributed by atoms with E-state index >= 15 is 0 Å². The average molecular weight is 343 g/mol. The lowest BCUT2D eigenvalue weighted by atomic mass is 10.1. The fourth-order valence-corrected chi connectivity index (χ4v) is 2.56. The van der Waals surface area contributed by atoms with Crippen molar-refractivity contribution in [2.24, 2.45) is 11.7 Å². The molecule has 0 saturated heterocycles. The van der Waals surface area contributed by atoms with Crippen LogP contribution in [-0.4, -0.2) is 29.4 Å². The van der Waals surface area contributed by atoms with Crippen LogP contribution in [0.1, 0.15) is 13.8 Å². The van der Waals surface area contributed by atoms with Crippen molar-refractivity contribution >= 4 is 50.9 Å². The van der Waals surface area contributed by atoms with Gasteiger partial charge in [0.1, 0.15) is 0 Å². The van der Waals surface area contributed by atoms with E-state index in [1.54, 1.807) is 0 Å². The fraction of sp³-hybridized carbons (Fsp3) is 0.357. The number of hydrogen-bond acceptors (Lipinski definition) is 5. The quantitative estimate of drug-likeness (QED) is 0.771. The van der Waals surface area contributed by atoms with Crippen molar-refractivity contribution in [3.8, 4) is 0 Å². The van der Waals surface area contributed by atoms with Crippen LogP contribution in [0.2, 0.25) is 0 Å². The Balaban J connectivity index is 0.00000242. The van der Waals surface area contributed by atoms with E-state index < -0.39 is 6.04 Å². The van der Waals surface area contributed by atoms with Crippen LogP contribution in [0.3, 0.4) is 0 Å². The molecule has 1 aromatic carbocycles. The van der Waals surface area contributed by atoms with E-state index in [1.807, 2.05) is 38.1 Å². The lowest BCUT2D eigenvalue weighted by Gasteiger charge is -2.14. The molecule has 1 heterocycles. The molecular formula is C14H19ClN4O2S. The zero-order valence-corrected chi connectivity index (χ0v) is 14.0. The van der Waals surface area contributed by atoms with Crippen LogP contribution >= 0.6 is 23.7 Å². The number of nitrogens with two attached hydrogens (primary N) is 1. The summed E-state index contributed by atoms with van der Waals surface area (Å²) in [4.78, 5) is 27.7. The summed E-state index contributed by atoms with van der Waals surface area (Å²) in [5.41, 5.74) is 6.53. The number of para-hydroxylation sites is 1.